The van der Waals surface area contributed by atoms with Crippen molar-refractivity contribution < 1.29 is 8.42 Å². The van der Waals surface area contributed by atoms with Gasteiger partial charge in [0.1, 0.15) is 9.84 Å². The predicted octanol–water partition coefficient (Wildman–Crippen LogP) is 2.53. The zero-order valence-corrected chi connectivity index (χ0v) is 12.0. The number of thioether (sulfide) groups is 1. The number of rotatable bonds is 7. The van der Waals surface area contributed by atoms with Crippen molar-refractivity contribution >= 4 is 38.9 Å². The van der Waals surface area contributed by atoms with Crippen molar-refractivity contribution in [3.8, 4) is 0 Å². The van der Waals surface area contributed by atoms with E-state index < -0.39 is 9.84 Å². The Labute approximate surface area is 112 Å². The Balaban J connectivity index is 2.10. The number of anilines is 1. The average Bonchev–Trinajstić information content (AvgIpc) is 2.24. The lowest BCUT2D eigenvalue weighted by Gasteiger charge is -2.05. The molecule has 96 valence electrons. The average molecular weight is 294 g/mol. The maximum Gasteiger partial charge on any atom is 0.148 e. The van der Waals surface area contributed by atoms with Crippen molar-refractivity contribution in [2.75, 3.05) is 35.4 Å². The van der Waals surface area contributed by atoms with Crippen LogP contribution in [0.1, 0.15) is 0 Å². The van der Waals surface area contributed by atoms with E-state index >= 15 is 0 Å². The topological polar surface area (TPSA) is 46.2 Å². The standard InChI is InChI=1S/C11H16ClNO2S2/c1-17(14,15)9-8-16-7-6-13-11-4-2-10(12)3-5-11/h2-5,13H,6-9H2,1H3. The molecule has 1 aromatic carbocycles. The van der Waals surface area contributed by atoms with Crippen LogP contribution in [0.25, 0.3) is 0 Å². The Bertz CT molecular complexity index is 431. The number of sulfone groups is 1. The molecule has 17 heavy (non-hydrogen) atoms. The molecule has 0 atom stereocenters. The van der Waals surface area contributed by atoms with Crippen LogP contribution in [-0.4, -0.2) is 38.5 Å². The summed E-state index contributed by atoms with van der Waals surface area (Å²) in [6.07, 6.45) is 1.26. The second kappa shape index (κ2) is 7.13. The van der Waals surface area contributed by atoms with E-state index in [1.54, 1.807) is 11.8 Å². The Morgan fingerprint density at radius 1 is 1.24 bits per heavy atom. The van der Waals surface area contributed by atoms with E-state index in [1.807, 2.05) is 24.3 Å². The highest BCUT2D eigenvalue weighted by molar-refractivity contribution is 8.00. The number of hydrogen-bond donors (Lipinski definition) is 1. The minimum atomic E-state index is -2.82. The van der Waals surface area contributed by atoms with Crippen LogP contribution in [0.5, 0.6) is 0 Å². The molecule has 0 aliphatic rings. The summed E-state index contributed by atoms with van der Waals surface area (Å²) in [5.74, 6) is 1.79. The lowest BCUT2D eigenvalue weighted by Crippen LogP contribution is -2.08. The number of hydrogen-bond acceptors (Lipinski definition) is 4. The Hall–Kier alpha value is -0.390. The molecule has 0 saturated heterocycles. The van der Waals surface area contributed by atoms with Crippen molar-refractivity contribution in [2.24, 2.45) is 0 Å². The van der Waals surface area contributed by atoms with Crippen molar-refractivity contribution in [3.63, 3.8) is 0 Å². The molecule has 1 aromatic rings. The Morgan fingerprint density at radius 3 is 2.47 bits per heavy atom. The predicted molar refractivity (Wildman–Crippen MR) is 77.0 cm³/mol. The van der Waals surface area contributed by atoms with Crippen LogP contribution in [0.2, 0.25) is 5.02 Å². The molecule has 0 aromatic heterocycles. The van der Waals surface area contributed by atoms with Gasteiger partial charge in [0.2, 0.25) is 0 Å². The molecule has 0 aliphatic heterocycles. The largest absolute Gasteiger partial charge is 0.384 e. The summed E-state index contributed by atoms with van der Waals surface area (Å²) in [5, 5.41) is 3.96. The first kappa shape index (κ1) is 14.7. The van der Waals surface area contributed by atoms with Gasteiger partial charge >= 0.3 is 0 Å². The number of nitrogens with one attached hydrogen (secondary N) is 1. The molecule has 0 spiro atoms. The quantitative estimate of drug-likeness (QED) is 0.785. The molecular weight excluding hydrogens is 278 g/mol. The van der Waals surface area contributed by atoms with Gasteiger partial charge in [-0.15, -0.1) is 0 Å². The summed E-state index contributed by atoms with van der Waals surface area (Å²) in [4.78, 5) is 0. The second-order valence-electron chi connectivity index (χ2n) is 3.68. The third-order valence-electron chi connectivity index (χ3n) is 2.02. The smallest absolute Gasteiger partial charge is 0.148 e. The van der Waals surface area contributed by atoms with Crippen LogP contribution in [-0.2, 0) is 9.84 Å². The van der Waals surface area contributed by atoms with Gasteiger partial charge in [-0.05, 0) is 24.3 Å². The van der Waals surface area contributed by atoms with Crippen molar-refractivity contribution in [1.29, 1.82) is 0 Å². The van der Waals surface area contributed by atoms with Gasteiger partial charge in [0.05, 0.1) is 5.75 Å². The van der Waals surface area contributed by atoms with Crippen LogP contribution in [0.4, 0.5) is 5.69 Å². The molecule has 0 saturated carbocycles. The zero-order chi connectivity index (χ0) is 12.7. The van der Waals surface area contributed by atoms with E-state index in [1.165, 1.54) is 6.26 Å². The summed E-state index contributed by atoms with van der Waals surface area (Å²) in [6, 6.07) is 7.51. The van der Waals surface area contributed by atoms with E-state index in [2.05, 4.69) is 5.32 Å². The molecule has 0 bridgehead atoms. The van der Waals surface area contributed by atoms with E-state index in [4.69, 9.17) is 11.6 Å². The van der Waals surface area contributed by atoms with Gasteiger partial charge in [-0.2, -0.15) is 11.8 Å². The molecular formula is C11H16ClNO2S2. The highest BCUT2D eigenvalue weighted by atomic mass is 35.5. The molecule has 0 heterocycles. The summed E-state index contributed by atoms with van der Waals surface area (Å²) in [6.45, 7) is 0.816. The molecule has 0 aliphatic carbocycles. The van der Waals surface area contributed by atoms with Crippen molar-refractivity contribution in [3.05, 3.63) is 29.3 Å². The first-order valence-corrected chi connectivity index (χ1v) is 8.81. The van der Waals surface area contributed by atoms with Gasteiger partial charge in [0.15, 0.2) is 0 Å². The zero-order valence-electron chi connectivity index (χ0n) is 9.65. The van der Waals surface area contributed by atoms with Gasteiger partial charge in [0.25, 0.3) is 0 Å². The number of halogens is 1. The fourth-order valence-corrected chi connectivity index (χ4v) is 3.41. The van der Waals surface area contributed by atoms with Gasteiger partial charge in [-0.1, -0.05) is 11.6 Å². The summed E-state index contributed by atoms with van der Waals surface area (Å²) >= 11 is 7.40. The van der Waals surface area contributed by atoms with Crippen molar-refractivity contribution in [1.82, 2.24) is 0 Å². The normalized spacial score (nSPS) is 11.4. The molecule has 0 radical (unpaired) electrons. The third kappa shape index (κ3) is 7.52. The molecule has 0 unspecified atom stereocenters. The van der Waals surface area contributed by atoms with Crippen LogP contribution < -0.4 is 5.32 Å². The Morgan fingerprint density at radius 2 is 1.88 bits per heavy atom. The molecule has 1 rings (SSSR count). The van der Waals surface area contributed by atoms with Gasteiger partial charge in [-0.25, -0.2) is 8.42 Å². The highest BCUT2D eigenvalue weighted by Gasteiger charge is 2.00. The SMILES string of the molecule is CS(=O)(=O)CCSCCNc1ccc(Cl)cc1. The van der Waals surface area contributed by atoms with Crippen LogP contribution in [0.15, 0.2) is 24.3 Å². The first-order chi connectivity index (χ1) is 7.97. The van der Waals surface area contributed by atoms with Crippen molar-refractivity contribution in [2.45, 2.75) is 0 Å². The lowest BCUT2D eigenvalue weighted by molar-refractivity contribution is 0.603. The molecule has 0 amide bonds. The van der Waals surface area contributed by atoms with Crippen LogP contribution >= 0.6 is 23.4 Å². The summed E-state index contributed by atoms with van der Waals surface area (Å²) in [5.41, 5.74) is 1.03. The van der Waals surface area contributed by atoms with E-state index in [0.29, 0.717) is 5.75 Å². The highest BCUT2D eigenvalue weighted by Crippen LogP contribution is 2.13. The lowest BCUT2D eigenvalue weighted by atomic mass is 10.3. The van der Waals surface area contributed by atoms with E-state index in [9.17, 15) is 8.42 Å². The first-order valence-electron chi connectivity index (χ1n) is 5.22. The molecule has 1 N–H and O–H groups in total. The fourth-order valence-electron chi connectivity index (χ4n) is 1.15. The maximum absolute atomic E-state index is 10.9. The molecule has 3 nitrogen and oxygen atoms in total. The monoisotopic (exact) mass is 293 g/mol. The second-order valence-corrected chi connectivity index (χ2v) is 7.60. The molecule has 6 heteroatoms. The minimum absolute atomic E-state index is 0.249. The van der Waals surface area contributed by atoms with Gasteiger partial charge in [-0.3, -0.25) is 0 Å². The fraction of sp³-hybridized carbons (Fsp3) is 0.455. The van der Waals surface area contributed by atoms with Crippen LogP contribution in [0.3, 0.4) is 0 Å². The third-order valence-corrected chi connectivity index (χ3v) is 4.46. The summed E-state index contributed by atoms with van der Waals surface area (Å²) in [7, 11) is -2.82. The number of benzene rings is 1. The minimum Gasteiger partial charge on any atom is -0.384 e. The Kier molecular flexibility index (Phi) is 6.16. The van der Waals surface area contributed by atoms with Gasteiger partial charge < -0.3 is 5.32 Å². The van der Waals surface area contributed by atoms with Gasteiger partial charge in [0, 0.05) is 35.0 Å². The van der Waals surface area contributed by atoms with Crippen LogP contribution in [0, 0.1) is 0 Å². The summed E-state index contributed by atoms with van der Waals surface area (Å²) < 4.78 is 21.8. The van der Waals surface area contributed by atoms with E-state index in [0.717, 1.165) is 23.0 Å². The molecule has 0 fully saturated rings. The maximum atomic E-state index is 10.9. The van der Waals surface area contributed by atoms with E-state index in [-0.39, 0.29) is 5.75 Å².